The van der Waals surface area contributed by atoms with Gasteiger partial charge in [-0.2, -0.15) is 0 Å². The third kappa shape index (κ3) is 12.6. The van der Waals surface area contributed by atoms with Crippen LogP contribution in [0.2, 0.25) is 0 Å². The summed E-state index contributed by atoms with van der Waals surface area (Å²) in [6.45, 7) is 3.85. The minimum atomic E-state index is -4.12. The Morgan fingerprint density at radius 2 is 1.45 bits per heavy atom. The first-order valence-electron chi connectivity index (χ1n) is 7.54. The van der Waals surface area contributed by atoms with Gasteiger partial charge < -0.3 is 9.66 Å². The van der Waals surface area contributed by atoms with E-state index in [4.69, 9.17) is 0 Å². The number of hydrogen-bond acceptors (Lipinski definition) is 4. The van der Waals surface area contributed by atoms with Gasteiger partial charge in [-0.05, 0) is 25.7 Å². The molecule has 2 unspecified atom stereocenters. The molecule has 0 aromatic carbocycles. The summed E-state index contributed by atoms with van der Waals surface area (Å²) in [5, 5.41) is 8.93. The summed E-state index contributed by atoms with van der Waals surface area (Å²) in [6, 6.07) is 0. The fourth-order valence-corrected chi connectivity index (χ4v) is 3.11. The molecule has 0 amide bonds. The van der Waals surface area contributed by atoms with Crippen molar-refractivity contribution >= 4 is 10.1 Å². The van der Waals surface area contributed by atoms with E-state index < -0.39 is 15.4 Å². The summed E-state index contributed by atoms with van der Waals surface area (Å²) in [5.41, 5.74) is 0. The topological polar surface area (TPSA) is 77.4 Å². The van der Waals surface area contributed by atoms with E-state index in [0.29, 0.717) is 12.8 Å². The average molecular weight is 316 g/mol. The van der Waals surface area contributed by atoms with Crippen molar-refractivity contribution in [1.82, 2.24) is 0 Å². The first kappa shape index (κ1) is 23.1. The molecule has 2 atom stereocenters. The van der Waals surface area contributed by atoms with Gasteiger partial charge in [0.25, 0.3) is 0 Å². The standard InChI is InChI=1S/C14H30O4S.Na/c1-3-5-10-13(15)11-8-6-7-9-12-14(4-2)19(16,17)18;/h13-15H,3-12H2,1-2H3,(H,16,17,18);/q;+1/p-1. The zero-order chi connectivity index (χ0) is 14.7. The van der Waals surface area contributed by atoms with Gasteiger partial charge >= 0.3 is 29.6 Å². The summed E-state index contributed by atoms with van der Waals surface area (Å²) in [5.74, 6) is 0. The molecule has 1 N–H and O–H groups in total. The number of aliphatic hydroxyl groups is 1. The summed E-state index contributed by atoms with van der Waals surface area (Å²) < 4.78 is 32.7. The Morgan fingerprint density at radius 3 is 1.90 bits per heavy atom. The van der Waals surface area contributed by atoms with Gasteiger partial charge in [-0.1, -0.05) is 52.4 Å². The van der Waals surface area contributed by atoms with Crippen LogP contribution in [0, 0.1) is 0 Å². The van der Waals surface area contributed by atoms with Crippen molar-refractivity contribution in [3.05, 3.63) is 0 Å². The Labute approximate surface area is 146 Å². The van der Waals surface area contributed by atoms with Crippen molar-refractivity contribution in [2.24, 2.45) is 0 Å². The first-order valence-corrected chi connectivity index (χ1v) is 9.01. The van der Waals surface area contributed by atoms with Crippen LogP contribution in [0.25, 0.3) is 0 Å². The van der Waals surface area contributed by atoms with Crippen LogP contribution in [0.5, 0.6) is 0 Å². The quantitative estimate of drug-likeness (QED) is 0.317. The van der Waals surface area contributed by atoms with Crippen molar-refractivity contribution < 1.29 is 47.6 Å². The van der Waals surface area contributed by atoms with Crippen LogP contribution in [0.3, 0.4) is 0 Å². The predicted octanol–water partition coefficient (Wildman–Crippen LogP) is 0.206. The molecule has 0 radical (unpaired) electrons. The van der Waals surface area contributed by atoms with Crippen LogP contribution in [0.1, 0.15) is 78.1 Å². The molecule has 0 saturated carbocycles. The molecule has 0 saturated heterocycles. The summed E-state index contributed by atoms with van der Waals surface area (Å²) in [7, 11) is -4.12. The summed E-state index contributed by atoms with van der Waals surface area (Å²) in [4.78, 5) is 0. The predicted molar refractivity (Wildman–Crippen MR) is 77.0 cm³/mol. The molecule has 0 fully saturated rings. The first-order chi connectivity index (χ1) is 8.91. The molecule has 0 spiro atoms. The molecule has 0 aromatic heterocycles. The largest absolute Gasteiger partial charge is 1.00 e. The van der Waals surface area contributed by atoms with Gasteiger partial charge in [0.15, 0.2) is 0 Å². The molecule has 0 rings (SSSR count). The van der Waals surface area contributed by atoms with Crippen LogP contribution < -0.4 is 29.6 Å². The van der Waals surface area contributed by atoms with Crippen LogP contribution >= 0.6 is 0 Å². The number of hydrogen-bond donors (Lipinski definition) is 1. The van der Waals surface area contributed by atoms with Gasteiger partial charge in [-0.25, -0.2) is 8.42 Å². The third-order valence-corrected chi connectivity index (χ3v) is 4.95. The van der Waals surface area contributed by atoms with Crippen LogP contribution in [0.15, 0.2) is 0 Å². The second kappa shape index (κ2) is 13.5. The minimum absolute atomic E-state index is 0. The van der Waals surface area contributed by atoms with Crippen molar-refractivity contribution in [2.45, 2.75) is 89.4 Å². The normalized spacial score (nSPS) is 14.6. The Morgan fingerprint density at radius 1 is 0.950 bits per heavy atom. The molecular formula is C14H29NaO4S. The maximum Gasteiger partial charge on any atom is 1.00 e. The van der Waals surface area contributed by atoms with Gasteiger partial charge in [-0.3, -0.25) is 0 Å². The second-order valence-corrected chi connectivity index (χ2v) is 6.96. The van der Waals surface area contributed by atoms with E-state index in [2.05, 4.69) is 6.92 Å². The molecule has 0 aliphatic heterocycles. The Hall–Kier alpha value is 0.870. The van der Waals surface area contributed by atoms with E-state index in [9.17, 15) is 18.1 Å². The average Bonchev–Trinajstić information content (AvgIpc) is 2.33. The molecule has 116 valence electrons. The zero-order valence-corrected chi connectivity index (χ0v) is 16.1. The van der Waals surface area contributed by atoms with Gasteiger partial charge in [0.2, 0.25) is 0 Å². The van der Waals surface area contributed by atoms with Crippen molar-refractivity contribution in [3.8, 4) is 0 Å². The molecule has 0 bridgehead atoms. The Bertz CT molecular complexity index is 306. The Kier molecular flexibility index (Phi) is 15.7. The van der Waals surface area contributed by atoms with E-state index >= 15 is 0 Å². The molecule has 0 aromatic rings. The van der Waals surface area contributed by atoms with Crippen molar-refractivity contribution in [3.63, 3.8) is 0 Å². The fourth-order valence-electron chi connectivity index (χ4n) is 2.24. The fraction of sp³-hybridized carbons (Fsp3) is 1.00. The van der Waals surface area contributed by atoms with E-state index in [1.165, 1.54) is 0 Å². The van der Waals surface area contributed by atoms with Crippen LogP contribution in [0.4, 0.5) is 0 Å². The molecule has 0 aliphatic rings. The number of aliphatic hydroxyl groups excluding tert-OH is 1. The Balaban J connectivity index is 0. The van der Waals surface area contributed by atoms with Crippen molar-refractivity contribution in [1.29, 1.82) is 0 Å². The SMILES string of the molecule is CCCCC(O)CCCCCCC(CC)S(=O)(=O)[O-].[Na+]. The second-order valence-electron chi connectivity index (χ2n) is 5.31. The summed E-state index contributed by atoms with van der Waals surface area (Å²) >= 11 is 0. The van der Waals surface area contributed by atoms with E-state index in [1.54, 1.807) is 6.92 Å². The molecule has 4 nitrogen and oxygen atoms in total. The van der Waals surface area contributed by atoms with Crippen molar-refractivity contribution in [2.75, 3.05) is 0 Å². The molecule has 0 heterocycles. The van der Waals surface area contributed by atoms with Crippen LogP contribution in [-0.4, -0.2) is 29.4 Å². The maximum absolute atomic E-state index is 10.9. The monoisotopic (exact) mass is 316 g/mol. The molecule has 20 heavy (non-hydrogen) atoms. The summed E-state index contributed by atoms with van der Waals surface area (Å²) in [6.07, 6.45) is 8.27. The molecule has 0 aliphatic carbocycles. The molecule has 6 heteroatoms. The third-order valence-electron chi connectivity index (χ3n) is 3.57. The van der Waals surface area contributed by atoms with E-state index in [0.717, 1.165) is 51.4 Å². The van der Waals surface area contributed by atoms with Gasteiger partial charge in [-0.15, -0.1) is 0 Å². The van der Waals surface area contributed by atoms with Gasteiger partial charge in [0, 0.05) is 5.25 Å². The van der Waals surface area contributed by atoms with Gasteiger partial charge in [0.1, 0.15) is 0 Å². The maximum atomic E-state index is 10.9. The minimum Gasteiger partial charge on any atom is -0.748 e. The number of rotatable bonds is 12. The number of unbranched alkanes of at least 4 members (excludes halogenated alkanes) is 4. The smallest absolute Gasteiger partial charge is 0.748 e. The van der Waals surface area contributed by atoms with E-state index in [1.807, 2.05) is 0 Å². The van der Waals surface area contributed by atoms with Gasteiger partial charge in [0.05, 0.1) is 16.2 Å². The van der Waals surface area contributed by atoms with E-state index in [-0.39, 0.29) is 35.7 Å². The molecular weight excluding hydrogens is 287 g/mol. The zero-order valence-electron chi connectivity index (χ0n) is 13.3. The van der Waals surface area contributed by atoms with Crippen LogP contribution in [-0.2, 0) is 10.1 Å².